The smallest absolute Gasteiger partial charge is 0.341 e. The molecular formula is C10H6ClNO3. The van der Waals surface area contributed by atoms with Gasteiger partial charge >= 0.3 is 5.97 Å². The van der Waals surface area contributed by atoms with Crippen LogP contribution in [0.1, 0.15) is 10.4 Å². The molecule has 4 nitrogen and oxygen atoms in total. The van der Waals surface area contributed by atoms with Crippen LogP contribution in [0.5, 0.6) is 0 Å². The van der Waals surface area contributed by atoms with Crippen molar-refractivity contribution in [2.45, 2.75) is 0 Å². The van der Waals surface area contributed by atoms with E-state index in [1.807, 2.05) is 0 Å². The standard InChI is InChI=1S/C10H6ClNO3/c11-6-1-2-7-3-4-8(10(14)15)9(13)12(7)5-6/h1-5H,(H,14,15). The molecule has 0 spiro atoms. The van der Waals surface area contributed by atoms with Gasteiger partial charge in [0.15, 0.2) is 0 Å². The third-order valence-corrected chi connectivity index (χ3v) is 2.27. The first-order valence-corrected chi connectivity index (χ1v) is 4.51. The van der Waals surface area contributed by atoms with E-state index in [0.29, 0.717) is 10.5 Å². The topological polar surface area (TPSA) is 58.8 Å². The van der Waals surface area contributed by atoms with Gasteiger partial charge in [0.25, 0.3) is 5.56 Å². The Morgan fingerprint density at radius 1 is 1.27 bits per heavy atom. The van der Waals surface area contributed by atoms with Crippen LogP contribution in [0.25, 0.3) is 5.52 Å². The molecule has 0 bridgehead atoms. The van der Waals surface area contributed by atoms with Crippen molar-refractivity contribution in [3.05, 3.63) is 51.4 Å². The molecule has 0 fully saturated rings. The van der Waals surface area contributed by atoms with Gasteiger partial charge in [0.1, 0.15) is 5.56 Å². The molecule has 2 rings (SSSR count). The zero-order valence-corrected chi connectivity index (χ0v) is 8.23. The van der Waals surface area contributed by atoms with Gasteiger partial charge in [-0.25, -0.2) is 4.79 Å². The van der Waals surface area contributed by atoms with Crippen molar-refractivity contribution in [1.82, 2.24) is 4.40 Å². The van der Waals surface area contributed by atoms with Gasteiger partial charge in [-0.15, -0.1) is 0 Å². The summed E-state index contributed by atoms with van der Waals surface area (Å²) < 4.78 is 1.21. The zero-order valence-electron chi connectivity index (χ0n) is 7.48. The Hall–Kier alpha value is -1.81. The minimum absolute atomic E-state index is 0.269. The number of carboxylic acid groups (broad SMARTS) is 1. The van der Waals surface area contributed by atoms with E-state index in [-0.39, 0.29) is 5.56 Å². The van der Waals surface area contributed by atoms with Gasteiger partial charge in [0.05, 0.1) is 5.02 Å². The summed E-state index contributed by atoms with van der Waals surface area (Å²) in [5, 5.41) is 9.13. The number of rotatable bonds is 1. The molecule has 0 saturated carbocycles. The predicted octanol–water partition coefficient (Wildman–Crippen LogP) is 1.65. The molecule has 0 saturated heterocycles. The Kier molecular flexibility index (Phi) is 2.21. The van der Waals surface area contributed by atoms with Crippen molar-refractivity contribution >= 4 is 23.1 Å². The van der Waals surface area contributed by atoms with E-state index in [4.69, 9.17) is 16.7 Å². The lowest BCUT2D eigenvalue weighted by Gasteiger charge is -2.01. The SMILES string of the molecule is O=C(O)c1ccc2ccc(Cl)cn2c1=O. The Bertz CT molecular complexity index is 603. The number of hydrogen-bond donors (Lipinski definition) is 1. The molecule has 0 amide bonds. The quantitative estimate of drug-likeness (QED) is 0.800. The van der Waals surface area contributed by atoms with Crippen molar-refractivity contribution in [3.8, 4) is 0 Å². The van der Waals surface area contributed by atoms with Crippen molar-refractivity contribution in [1.29, 1.82) is 0 Å². The van der Waals surface area contributed by atoms with Crippen LogP contribution in [-0.4, -0.2) is 15.5 Å². The molecule has 0 radical (unpaired) electrons. The van der Waals surface area contributed by atoms with Crippen LogP contribution in [0.15, 0.2) is 35.3 Å². The minimum atomic E-state index is -1.24. The molecule has 2 aromatic rings. The molecule has 1 N–H and O–H groups in total. The minimum Gasteiger partial charge on any atom is -0.477 e. The maximum Gasteiger partial charge on any atom is 0.341 e. The second-order valence-electron chi connectivity index (χ2n) is 3.00. The van der Waals surface area contributed by atoms with Crippen molar-refractivity contribution in [3.63, 3.8) is 0 Å². The number of pyridine rings is 2. The van der Waals surface area contributed by atoms with Crippen LogP contribution in [0, 0.1) is 0 Å². The third-order valence-electron chi connectivity index (χ3n) is 2.04. The lowest BCUT2D eigenvalue weighted by molar-refractivity contribution is 0.0695. The van der Waals surface area contributed by atoms with Gasteiger partial charge in [-0.05, 0) is 24.3 Å². The number of carbonyl (C=O) groups is 1. The van der Waals surface area contributed by atoms with Crippen LogP contribution in [0.3, 0.4) is 0 Å². The molecule has 0 atom stereocenters. The molecular weight excluding hydrogens is 218 g/mol. The number of nitrogens with zero attached hydrogens (tertiary/aromatic N) is 1. The summed E-state index contributed by atoms with van der Waals surface area (Å²) in [7, 11) is 0. The Labute approximate surface area is 89.3 Å². The van der Waals surface area contributed by atoms with Crippen LogP contribution < -0.4 is 5.56 Å². The number of aromatic carboxylic acids is 1. The number of hydrogen-bond acceptors (Lipinski definition) is 2. The fourth-order valence-electron chi connectivity index (χ4n) is 1.33. The zero-order chi connectivity index (χ0) is 11.0. The average molecular weight is 224 g/mol. The largest absolute Gasteiger partial charge is 0.477 e. The number of aromatic nitrogens is 1. The van der Waals surface area contributed by atoms with Crippen molar-refractivity contribution < 1.29 is 9.90 Å². The monoisotopic (exact) mass is 223 g/mol. The summed E-state index contributed by atoms with van der Waals surface area (Å²) >= 11 is 5.72. The number of fused-ring (bicyclic) bond motifs is 1. The van der Waals surface area contributed by atoms with Gasteiger partial charge in [-0.2, -0.15) is 0 Å². The first kappa shape index (κ1) is 9.73. The lowest BCUT2D eigenvalue weighted by atomic mass is 10.2. The summed E-state index contributed by atoms with van der Waals surface area (Å²) in [4.78, 5) is 22.3. The molecule has 15 heavy (non-hydrogen) atoms. The van der Waals surface area contributed by atoms with E-state index in [1.54, 1.807) is 18.2 Å². The molecule has 5 heteroatoms. The molecule has 0 aromatic carbocycles. The second-order valence-corrected chi connectivity index (χ2v) is 3.44. The van der Waals surface area contributed by atoms with Gasteiger partial charge in [0.2, 0.25) is 0 Å². The fraction of sp³-hybridized carbons (Fsp3) is 0. The highest BCUT2D eigenvalue weighted by Crippen LogP contribution is 2.09. The molecule has 76 valence electrons. The van der Waals surface area contributed by atoms with Crippen molar-refractivity contribution in [2.75, 3.05) is 0 Å². The van der Waals surface area contributed by atoms with E-state index < -0.39 is 11.5 Å². The van der Waals surface area contributed by atoms with Gasteiger partial charge in [-0.3, -0.25) is 9.20 Å². The van der Waals surface area contributed by atoms with E-state index in [0.717, 1.165) is 0 Å². The molecule has 0 unspecified atom stereocenters. The molecule has 0 aliphatic heterocycles. The summed E-state index contributed by atoms with van der Waals surface area (Å²) in [5.74, 6) is -1.24. The Morgan fingerprint density at radius 3 is 2.60 bits per heavy atom. The summed E-state index contributed by atoms with van der Waals surface area (Å²) in [5.41, 5.74) is -0.244. The molecule has 0 aliphatic rings. The second kappa shape index (κ2) is 3.40. The van der Waals surface area contributed by atoms with E-state index in [9.17, 15) is 9.59 Å². The highest BCUT2D eigenvalue weighted by molar-refractivity contribution is 6.30. The molecule has 0 aliphatic carbocycles. The fourth-order valence-corrected chi connectivity index (χ4v) is 1.49. The third kappa shape index (κ3) is 1.59. The molecule has 2 aromatic heterocycles. The van der Waals surface area contributed by atoms with E-state index in [2.05, 4.69) is 0 Å². The highest BCUT2D eigenvalue weighted by atomic mass is 35.5. The summed E-state index contributed by atoms with van der Waals surface area (Å²) in [6, 6.07) is 6.13. The van der Waals surface area contributed by atoms with Gasteiger partial charge in [-0.1, -0.05) is 11.6 Å². The van der Waals surface area contributed by atoms with Crippen LogP contribution in [-0.2, 0) is 0 Å². The van der Waals surface area contributed by atoms with Crippen LogP contribution in [0.4, 0.5) is 0 Å². The summed E-state index contributed by atoms with van der Waals surface area (Å²) in [6.07, 6.45) is 1.39. The predicted molar refractivity (Wildman–Crippen MR) is 55.6 cm³/mol. The van der Waals surface area contributed by atoms with Gasteiger partial charge < -0.3 is 5.11 Å². The Morgan fingerprint density at radius 2 is 1.93 bits per heavy atom. The maximum absolute atomic E-state index is 11.6. The Balaban J connectivity index is 2.89. The summed E-state index contributed by atoms with van der Waals surface area (Å²) in [6.45, 7) is 0. The number of halogens is 1. The molecule has 2 heterocycles. The highest BCUT2D eigenvalue weighted by Gasteiger charge is 2.09. The van der Waals surface area contributed by atoms with Crippen LogP contribution >= 0.6 is 11.6 Å². The average Bonchev–Trinajstić information content (AvgIpc) is 2.19. The van der Waals surface area contributed by atoms with E-state index >= 15 is 0 Å². The van der Waals surface area contributed by atoms with Crippen molar-refractivity contribution in [2.24, 2.45) is 0 Å². The lowest BCUT2D eigenvalue weighted by Crippen LogP contribution is -2.21. The number of carboxylic acids is 1. The van der Waals surface area contributed by atoms with E-state index in [1.165, 1.54) is 16.7 Å². The van der Waals surface area contributed by atoms with Crippen LogP contribution in [0.2, 0.25) is 5.02 Å². The first-order chi connectivity index (χ1) is 7.09. The van der Waals surface area contributed by atoms with Gasteiger partial charge in [0, 0.05) is 11.7 Å². The maximum atomic E-state index is 11.6. The normalized spacial score (nSPS) is 10.5. The first-order valence-electron chi connectivity index (χ1n) is 4.14.